The number of thioether (sulfide) groups is 1. The van der Waals surface area contributed by atoms with Gasteiger partial charge < -0.3 is 10.6 Å². The fourth-order valence-corrected chi connectivity index (χ4v) is 4.02. The number of aromatic nitrogens is 1. The van der Waals surface area contributed by atoms with Crippen LogP contribution in [0.4, 0.5) is 20.6 Å². The highest BCUT2D eigenvalue weighted by molar-refractivity contribution is 7.99. The minimum Gasteiger partial charge on any atom is -0.348 e. The van der Waals surface area contributed by atoms with Crippen LogP contribution in [0.5, 0.6) is 0 Å². The summed E-state index contributed by atoms with van der Waals surface area (Å²) in [5.41, 5.74) is 2.51. The first-order chi connectivity index (χ1) is 14.6. The predicted octanol–water partition coefficient (Wildman–Crippen LogP) is 4.29. The van der Waals surface area contributed by atoms with E-state index in [1.807, 2.05) is 12.1 Å². The van der Waals surface area contributed by atoms with E-state index in [4.69, 9.17) is 0 Å². The summed E-state index contributed by atoms with van der Waals surface area (Å²) >= 11 is 1.63. The van der Waals surface area contributed by atoms with Crippen molar-refractivity contribution in [1.29, 1.82) is 0 Å². The normalized spacial score (nSPS) is 12.8. The summed E-state index contributed by atoms with van der Waals surface area (Å²) < 4.78 is 13.2. The predicted molar refractivity (Wildman–Crippen MR) is 115 cm³/mol. The number of hydrogen-bond acceptors (Lipinski definition) is 4. The van der Waals surface area contributed by atoms with Gasteiger partial charge in [-0.3, -0.25) is 9.69 Å². The van der Waals surface area contributed by atoms with Crippen LogP contribution in [0.1, 0.15) is 15.9 Å². The van der Waals surface area contributed by atoms with Crippen molar-refractivity contribution < 1.29 is 14.0 Å². The van der Waals surface area contributed by atoms with Gasteiger partial charge in [-0.05, 0) is 54.1 Å². The molecule has 2 aromatic carbocycles. The molecule has 1 aromatic heterocycles. The number of anilines is 2. The summed E-state index contributed by atoms with van der Waals surface area (Å²) in [6, 6.07) is 16.2. The van der Waals surface area contributed by atoms with Crippen LogP contribution >= 0.6 is 11.8 Å². The summed E-state index contributed by atoms with van der Waals surface area (Å²) in [4.78, 5) is 31.0. The van der Waals surface area contributed by atoms with Gasteiger partial charge in [0, 0.05) is 36.3 Å². The van der Waals surface area contributed by atoms with Crippen LogP contribution < -0.4 is 15.5 Å². The highest BCUT2D eigenvalue weighted by Gasteiger charge is 2.23. The molecule has 0 saturated heterocycles. The fourth-order valence-electron chi connectivity index (χ4n) is 3.09. The van der Waals surface area contributed by atoms with Crippen molar-refractivity contribution in [3.63, 3.8) is 0 Å². The Bertz CT molecular complexity index is 1070. The molecule has 0 saturated carbocycles. The molecule has 0 spiro atoms. The topological polar surface area (TPSA) is 74.3 Å². The Labute approximate surface area is 177 Å². The molecule has 0 fully saturated rings. The van der Waals surface area contributed by atoms with Crippen LogP contribution in [-0.2, 0) is 6.54 Å². The number of carbonyl (C=O) groups is 2. The number of amides is 3. The Balaban J connectivity index is 1.37. The molecular weight excluding hydrogens is 403 g/mol. The lowest BCUT2D eigenvalue weighted by molar-refractivity contribution is 0.0951. The maximum Gasteiger partial charge on any atom is 0.326 e. The van der Waals surface area contributed by atoms with Gasteiger partial charge in [-0.15, -0.1) is 11.8 Å². The van der Waals surface area contributed by atoms with Crippen LogP contribution in [0.2, 0.25) is 0 Å². The van der Waals surface area contributed by atoms with Crippen molar-refractivity contribution in [2.45, 2.75) is 11.6 Å². The third-order valence-corrected chi connectivity index (χ3v) is 5.56. The van der Waals surface area contributed by atoms with Crippen LogP contribution in [-0.4, -0.2) is 29.2 Å². The first kappa shape index (κ1) is 19.9. The number of halogens is 1. The van der Waals surface area contributed by atoms with Gasteiger partial charge in [-0.25, -0.2) is 14.2 Å². The first-order valence-electron chi connectivity index (χ1n) is 9.39. The summed E-state index contributed by atoms with van der Waals surface area (Å²) in [6.45, 7) is 0.825. The Hall–Kier alpha value is -3.39. The number of rotatable bonds is 4. The van der Waals surface area contributed by atoms with E-state index in [0.717, 1.165) is 16.5 Å². The standard InChI is InChI=1S/C22H19FN4O2S/c23-17-4-1-3-15(13-17)14-25-20(28)16-6-8-18(9-7-16)26-22(29)27-11-12-30-21-19(27)5-2-10-24-21/h1-10,13H,11-12,14H2,(H,25,28)(H,26,29). The summed E-state index contributed by atoms with van der Waals surface area (Å²) in [5, 5.41) is 6.45. The second kappa shape index (κ2) is 8.96. The molecule has 4 rings (SSSR count). The van der Waals surface area contributed by atoms with E-state index >= 15 is 0 Å². The van der Waals surface area contributed by atoms with E-state index in [1.54, 1.807) is 59.3 Å². The van der Waals surface area contributed by atoms with Crippen LogP contribution in [0, 0.1) is 5.82 Å². The van der Waals surface area contributed by atoms with Gasteiger partial charge >= 0.3 is 6.03 Å². The number of hydrogen-bond donors (Lipinski definition) is 2. The maximum absolute atomic E-state index is 13.2. The van der Waals surface area contributed by atoms with E-state index in [-0.39, 0.29) is 24.3 Å². The monoisotopic (exact) mass is 422 g/mol. The van der Waals surface area contributed by atoms with Gasteiger partial charge in [-0.1, -0.05) is 12.1 Å². The third-order valence-electron chi connectivity index (χ3n) is 4.58. The van der Waals surface area contributed by atoms with E-state index in [1.165, 1.54) is 12.1 Å². The van der Waals surface area contributed by atoms with Gasteiger partial charge in [0.25, 0.3) is 5.91 Å². The molecule has 30 heavy (non-hydrogen) atoms. The van der Waals surface area contributed by atoms with Crippen LogP contribution in [0.25, 0.3) is 0 Å². The molecule has 0 bridgehead atoms. The molecule has 0 aliphatic carbocycles. The van der Waals surface area contributed by atoms with Gasteiger partial charge in [0.1, 0.15) is 10.8 Å². The average molecular weight is 422 g/mol. The molecule has 1 aliphatic heterocycles. The number of fused-ring (bicyclic) bond motifs is 1. The average Bonchev–Trinajstić information content (AvgIpc) is 2.77. The van der Waals surface area contributed by atoms with Gasteiger partial charge in [-0.2, -0.15) is 0 Å². The van der Waals surface area contributed by atoms with Crippen molar-refractivity contribution in [3.8, 4) is 0 Å². The number of nitrogens with zero attached hydrogens (tertiary/aromatic N) is 2. The fraction of sp³-hybridized carbons (Fsp3) is 0.136. The molecular formula is C22H19FN4O2S. The molecule has 2 N–H and O–H groups in total. The van der Waals surface area contributed by atoms with Gasteiger partial charge in [0.05, 0.1) is 5.69 Å². The SMILES string of the molecule is O=C(NCc1cccc(F)c1)c1ccc(NC(=O)N2CCSc3ncccc32)cc1. The number of urea groups is 1. The van der Waals surface area contributed by atoms with Crippen molar-refractivity contribution in [2.24, 2.45) is 0 Å². The summed E-state index contributed by atoms with van der Waals surface area (Å²) in [7, 11) is 0. The summed E-state index contributed by atoms with van der Waals surface area (Å²) in [6.07, 6.45) is 1.71. The second-order valence-electron chi connectivity index (χ2n) is 6.65. The molecule has 3 aromatic rings. The number of carbonyl (C=O) groups excluding carboxylic acids is 2. The zero-order chi connectivity index (χ0) is 20.9. The third kappa shape index (κ3) is 4.60. The van der Waals surface area contributed by atoms with Crippen molar-refractivity contribution in [1.82, 2.24) is 10.3 Å². The van der Waals surface area contributed by atoms with Crippen molar-refractivity contribution >= 4 is 35.1 Å². The molecule has 0 radical (unpaired) electrons. The largest absolute Gasteiger partial charge is 0.348 e. The van der Waals surface area contributed by atoms with E-state index in [2.05, 4.69) is 15.6 Å². The lowest BCUT2D eigenvalue weighted by Crippen LogP contribution is -2.38. The zero-order valence-corrected chi connectivity index (χ0v) is 16.8. The maximum atomic E-state index is 13.2. The highest BCUT2D eigenvalue weighted by Crippen LogP contribution is 2.32. The lowest BCUT2D eigenvalue weighted by Gasteiger charge is -2.28. The van der Waals surface area contributed by atoms with Crippen molar-refractivity contribution in [2.75, 3.05) is 22.5 Å². The van der Waals surface area contributed by atoms with Gasteiger partial charge in [0.15, 0.2) is 0 Å². The Morgan fingerprint density at radius 1 is 1.10 bits per heavy atom. The van der Waals surface area contributed by atoms with Crippen LogP contribution in [0.15, 0.2) is 71.9 Å². The number of benzene rings is 2. The van der Waals surface area contributed by atoms with Crippen LogP contribution in [0.3, 0.4) is 0 Å². The Morgan fingerprint density at radius 3 is 2.73 bits per heavy atom. The summed E-state index contributed by atoms with van der Waals surface area (Å²) in [5.74, 6) is 0.166. The van der Waals surface area contributed by atoms with E-state index in [9.17, 15) is 14.0 Å². The van der Waals surface area contributed by atoms with Crippen molar-refractivity contribution in [3.05, 3.63) is 83.8 Å². The minimum absolute atomic E-state index is 0.232. The smallest absolute Gasteiger partial charge is 0.326 e. The Morgan fingerprint density at radius 2 is 1.93 bits per heavy atom. The molecule has 8 heteroatoms. The number of nitrogens with one attached hydrogen (secondary N) is 2. The van der Waals surface area contributed by atoms with Gasteiger partial charge in [0.2, 0.25) is 0 Å². The van der Waals surface area contributed by atoms with E-state index in [0.29, 0.717) is 23.4 Å². The second-order valence-corrected chi connectivity index (χ2v) is 7.73. The molecule has 6 nitrogen and oxygen atoms in total. The van der Waals surface area contributed by atoms with E-state index < -0.39 is 0 Å². The minimum atomic E-state index is -0.340. The molecule has 0 atom stereocenters. The zero-order valence-electron chi connectivity index (χ0n) is 16.0. The lowest BCUT2D eigenvalue weighted by atomic mass is 10.1. The molecule has 2 heterocycles. The first-order valence-corrected chi connectivity index (χ1v) is 10.4. The highest BCUT2D eigenvalue weighted by atomic mass is 32.2. The quantitative estimate of drug-likeness (QED) is 0.658. The molecule has 152 valence electrons. The number of pyridine rings is 1. The Kier molecular flexibility index (Phi) is 5.94. The molecule has 1 aliphatic rings. The molecule has 0 unspecified atom stereocenters. The molecule has 3 amide bonds.